The molecule has 0 heterocycles. The van der Waals surface area contributed by atoms with Gasteiger partial charge in [0.2, 0.25) is 11.8 Å². The van der Waals surface area contributed by atoms with E-state index in [1.54, 1.807) is 19.0 Å². The van der Waals surface area contributed by atoms with Crippen LogP contribution >= 0.6 is 0 Å². The molecule has 2 rings (SSSR count). The summed E-state index contributed by atoms with van der Waals surface area (Å²) in [5.74, 6) is 0.475. The molecule has 1 aromatic carbocycles. The van der Waals surface area contributed by atoms with Crippen molar-refractivity contribution in [1.29, 1.82) is 0 Å². The molecular weight excluding hydrogens is 302 g/mol. The van der Waals surface area contributed by atoms with E-state index in [0.29, 0.717) is 18.9 Å². The monoisotopic (exact) mass is 331 g/mol. The van der Waals surface area contributed by atoms with Gasteiger partial charge in [-0.3, -0.25) is 9.59 Å². The van der Waals surface area contributed by atoms with Gasteiger partial charge >= 0.3 is 0 Å². The van der Waals surface area contributed by atoms with Crippen molar-refractivity contribution in [3.8, 4) is 0 Å². The van der Waals surface area contributed by atoms with E-state index >= 15 is 0 Å². The molecule has 1 saturated carbocycles. The molecule has 0 bridgehead atoms. The van der Waals surface area contributed by atoms with E-state index in [4.69, 9.17) is 5.73 Å². The van der Waals surface area contributed by atoms with E-state index in [1.807, 2.05) is 30.3 Å². The number of carbonyl (C=O) groups is 2. The summed E-state index contributed by atoms with van der Waals surface area (Å²) in [5, 5.41) is 2.99. The standard InChI is InChI=1S/C19H29N3O2/c1-22(2)19(24)17(12-14-6-4-3-5-7-14)21-18(23)16-10-8-15(13-20)9-11-16/h3-7,15-17H,8-13,20H2,1-2H3,(H,21,23)/t15-,16-,17-/m0/s1. The molecule has 5 nitrogen and oxygen atoms in total. The maximum Gasteiger partial charge on any atom is 0.244 e. The third-order valence-electron chi connectivity index (χ3n) is 4.89. The van der Waals surface area contributed by atoms with Gasteiger partial charge in [0, 0.05) is 26.4 Å². The van der Waals surface area contributed by atoms with E-state index in [2.05, 4.69) is 5.32 Å². The Morgan fingerprint density at radius 3 is 2.33 bits per heavy atom. The van der Waals surface area contributed by atoms with Crippen molar-refractivity contribution in [3.63, 3.8) is 0 Å². The van der Waals surface area contributed by atoms with Crippen LogP contribution in [0.4, 0.5) is 0 Å². The van der Waals surface area contributed by atoms with Gasteiger partial charge in [-0.15, -0.1) is 0 Å². The van der Waals surface area contributed by atoms with Crippen molar-refractivity contribution in [2.45, 2.75) is 38.1 Å². The van der Waals surface area contributed by atoms with Gasteiger partial charge in [-0.05, 0) is 43.7 Å². The van der Waals surface area contributed by atoms with Crippen LogP contribution < -0.4 is 11.1 Å². The smallest absolute Gasteiger partial charge is 0.244 e. The van der Waals surface area contributed by atoms with E-state index in [0.717, 1.165) is 31.2 Å². The summed E-state index contributed by atoms with van der Waals surface area (Å²) in [6, 6.07) is 9.29. The summed E-state index contributed by atoms with van der Waals surface area (Å²) in [5.41, 5.74) is 6.76. The molecule has 1 aromatic rings. The first kappa shape index (κ1) is 18.5. The first-order valence-corrected chi connectivity index (χ1v) is 8.76. The lowest BCUT2D eigenvalue weighted by Crippen LogP contribution is -2.49. The zero-order valence-electron chi connectivity index (χ0n) is 14.7. The summed E-state index contributed by atoms with van der Waals surface area (Å²) >= 11 is 0. The Morgan fingerprint density at radius 2 is 1.79 bits per heavy atom. The van der Waals surface area contributed by atoms with Gasteiger partial charge in [0.05, 0.1) is 0 Å². The second-order valence-electron chi connectivity index (χ2n) is 6.94. The van der Waals surface area contributed by atoms with Crippen molar-refractivity contribution in [2.24, 2.45) is 17.6 Å². The molecule has 0 spiro atoms. The predicted molar refractivity (Wildman–Crippen MR) is 95.3 cm³/mol. The summed E-state index contributed by atoms with van der Waals surface area (Å²) in [4.78, 5) is 26.6. The largest absolute Gasteiger partial charge is 0.347 e. The zero-order chi connectivity index (χ0) is 17.5. The lowest BCUT2D eigenvalue weighted by molar-refractivity contribution is -0.136. The number of rotatable bonds is 6. The zero-order valence-corrected chi connectivity index (χ0v) is 14.7. The normalized spacial score (nSPS) is 21.8. The topological polar surface area (TPSA) is 75.4 Å². The number of amides is 2. The Labute approximate surface area is 144 Å². The van der Waals surface area contributed by atoms with Crippen LogP contribution in [0.15, 0.2) is 30.3 Å². The highest BCUT2D eigenvalue weighted by Gasteiger charge is 2.29. The van der Waals surface area contributed by atoms with E-state index in [-0.39, 0.29) is 17.7 Å². The Bertz CT molecular complexity index is 537. The van der Waals surface area contributed by atoms with Crippen molar-refractivity contribution in [3.05, 3.63) is 35.9 Å². The summed E-state index contributed by atoms with van der Waals surface area (Å²) < 4.78 is 0. The van der Waals surface area contributed by atoms with Crippen LogP contribution in [-0.2, 0) is 16.0 Å². The Hall–Kier alpha value is -1.88. The number of hydrogen-bond acceptors (Lipinski definition) is 3. The molecule has 5 heteroatoms. The lowest BCUT2D eigenvalue weighted by Gasteiger charge is -2.29. The van der Waals surface area contributed by atoms with Crippen LogP contribution in [0, 0.1) is 11.8 Å². The van der Waals surface area contributed by atoms with Crippen molar-refractivity contribution in [2.75, 3.05) is 20.6 Å². The first-order valence-electron chi connectivity index (χ1n) is 8.76. The molecule has 3 N–H and O–H groups in total. The fraction of sp³-hybridized carbons (Fsp3) is 0.579. The quantitative estimate of drug-likeness (QED) is 0.831. The van der Waals surface area contributed by atoms with Crippen molar-refractivity contribution >= 4 is 11.8 Å². The van der Waals surface area contributed by atoms with E-state index in [9.17, 15) is 9.59 Å². The summed E-state index contributed by atoms with van der Waals surface area (Å²) in [6.07, 6.45) is 4.24. The van der Waals surface area contributed by atoms with Gasteiger partial charge < -0.3 is 16.0 Å². The fourth-order valence-electron chi connectivity index (χ4n) is 3.31. The van der Waals surface area contributed by atoms with Crippen molar-refractivity contribution in [1.82, 2.24) is 10.2 Å². The van der Waals surface area contributed by atoms with E-state index in [1.165, 1.54) is 0 Å². The van der Waals surface area contributed by atoms with Gasteiger partial charge in [-0.1, -0.05) is 30.3 Å². The molecule has 0 saturated heterocycles. The van der Waals surface area contributed by atoms with Gasteiger partial charge in [0.15, 0.2) is 0 Å². The minimum Gasteiger partial charge on any atom is -0.347 e. The van der Waals surface area contributed by atoms with Gasteiger partial charge in [-0.2, -0.15) is 0 Å². The third-order valence-corrected chi connectivity index (χ3v) is 4.89. The van der Waals surface area contributed by atoms with E-state index < -0.39 is 6.04 Å². The van der Waals surface area contributed by atoms with Crippen molar-refractivity contribution < 1.29 is 9.59 Å². The molecular formula is C19H29N3O2. The highest BCUT2D eigenvalue weighted by molar-refractivity contribution is 5.88. The summed E-state index contributed by atoms with van der Waals surface area (Å²) in [6.45, 7) is 0.698. The SMILES string of the molecule is CN(C)C(=O)[C@H](Cc1ccccc1)NC(=O)[C@H]1CC[C@H](CN)CC1. The lowest BCUT2D eigenvalue weighted by atomic mass is 9.81. The number of benzene rings is 1. The number of nitrogens with one attached hydrogen (secondary N) is 1. The van der Waals surface area contributed by atoms with Crippen LogP contribution in [0.25, 0.3) is 0 Å². The van der Waals surface area contributed by atoms with Gasteiger partial charge in [0.1, 0.15) is 6.04 Å². The molecule has 2 amide bonds. The number of nitrogens with two attached hydrogens (primary N) is 1. The number of carbonyl (C=O) groups excluding carboxylic acids is 2. The minimum atomic E-state index is -0.512. The molecule has 1 aliphatic rings. The number of nitrogens with zero attached hydrogens (tertiary/aromatic N) is 1. The fourth-order valence-corrected chi connectivity index (χ4v) is 3.31. The molecule has 0 aliphatic heterocycles. The predicted octanol–water partition coefficient (Wildman–Crippen LogP) is 1.57. The molecule has 1 atom stereocenters. The third kappa shape index (κ3) is 5.06. The maximum atomic E-state index is 12.6. The number of likely N-dealkylation sites (N-methyl/N-ethyl adjacent to an activating group) is 1. The first-order chi connectivity index (χ1) is 11.5. The second-order valence-corrected chi connectivity index (χ2v) is 6.94. The molecule has 1 aliphatic carbocycles. The summed E-state index contributed by atoms with van der Waals surface area (Å²) in [7, 11) is 3.44. The average Bonchev–Trinajstić information content (AvgIpc) is 2.61. The number of hydrogen-bond donors (Lipinski definition) is 2. The van der Waals surface area contributed by atoms with Crippen LogP contribution in [0.5, 0.6) is 0 Å². The average molecular weight is 331 g/mol. The van der Waals surface area contributed by atoms with Crippen LogP contribution in [0.3, 0.4) is 0 Å². The molecule has 0 unspecified atom stereocenters. The highest BCUT2D eigenvalue weighted by atomic mass is 16.2. The molecule has 0 aromatic heterocycles. The Morgan fingerprint density at radius 1 is 1.17 bits per heavy atom. The van der Waals surface area contributed by atoms with Crippen LogP contribution in [0.1, 0.15) is 31.2 Å². The van der Waals surface area contributed by atoms with Crippen LogP contribution in [-0.4, -0.2) is 43.4 Å². The van der Waals surface area contributed by atoms with Crippen LogP contribution in [0.2, 0.25) is 0 Å². The minimum absolute atomic E-state index is 0.000959. The van der Waals surface area contributed by atoms with Gasteiger partial charge in [0.25, 0.3) is 0 Å². The molecule has 0 radical (unpaired) electrons. The highest BCUT2D eigenvalue weighted by Crippen LogP contribution is 2.28. The molecule has 24 heavy (non-hydrogen) atoms. The van der Waals surface area contributed by atoms with Gasteiger partial charge in [-0.25, -0.2) is 0 Å². The second kappa shape index (κ2) is 8.83. The molecule has 132 valence electrons. The molecule has 1 fully saturated rings. The Balaban J connectivity index is 1.99. The Kier molecular flexibility index (Phi) is 6.79. The maximum absolute atomic E-state index is 12.6.